The molecule has 0 saturated heterocycles. The first-order chi connectivity index (χ1) is 16.2. The van der Waals surface area contributed by atoms with E-state index in [-0.39, 0.29) is 0 Å². The van der Waals surface area contributed by atoms with Crippen molar-refractivity contribution in [3.05, 3.63) is 81.5 Å². The SMILES string of the molecule is C=C(CCCC(CCC)C(C=CC(C)C)=CC)C(C(C)=CC(C(C)=CC)=C(C)CC)=C1CCC1. The van der Waals surface area contributed by atoms with Gasteiger partial charge in [0.1, 0.15) is 0 Å². The van der Waals surface area contributed by atoms with Crippen LogP contribution in [0, 0.1) is 11.8 Å². The van der Waals surface area contributed by atoms with E-state index in [1.165, 1.54) is 84.0 Å². The fourth-order valence-corrected chi connectivity index (χ4v) is 4.90. The highest BCUT2D eigenvalue weighted by Crippen LogP contribution is 2.38. The van der Waals surface area contributed by atoms with Crippen LogP contribution in [0.15, 0.2) is 81.5 Å². The molecule has 0 aromatic carbocycles. The number of hydrogen-bond acceptors (Lipinski definition) is 0. The summed E-state index contributed by atoms with van der Waals surface area (Å²) in [5, 5.41) is 0. The zero-order valence-corrected chi connectivity index (χ0v) is 24.1. The predicted molar refractivity (Wildman–Crippen MR) is 156 cm³/mol. The van der Waals surface area contributed by atoms with Gasteiger partial charge in [0, 0.05) is 0 Å². The largest absolute Gasteiger partial charge is 0.0952 e. The molecule has 0 heterocycles. The summed E-state index contributed by atoms with van der Waals surface area (Å²) in [6.07, 6.45) is 22.7. The maximum absolute atomic E-state index is 4.63. The van der Waals surface area contributed by atoms with Crippen LogP contribution in [0.4, 0.5) is 0 Å². The van der Waals surface area contributed by atoms with Gasteiger partial charge in [-0.05, 0) is 131 Å². The minimum absolute atomic E-state index is 0.602. The van der Waals surface area contributed by atoms with Gasteiger partial charge in [-0.1, -0.05) is 82.2 Å². The second kappa shape index (κ2) is 16.0. The van der Waals surface area contributed by atoms with Crippen molar-refractivity contribution in [2.45, 2.75) is 120 Å². The molecule has 0 nitrogen and oxygen atoms in total. The molecule has 1 saturated carbocycles. The van der Waals surface area contributed by atoms with E-state index < -0.39 is 0 Å². The summed E-state index contributed by atoms with van der Waals surface area (Å²) in [5.74, 6) is 1.26. The summed E-state index contributed by atoms with van der Waals surface area (Å²) < 4.78 is 0. The van der Waals surface area contributed by atoms with Crippen molar-refractivity contribution in [2.24, 2.45) is 11.8 Å². The summed E-state index contributed by atoms with van der Waals surface area (Å²) >= 11 is 0. The molecule has 0 bridgehead atoms. The topological polar surface area (TPSA) is 0 Å². The van der Waals surface area contributed by atoms with Crippen LogP contribution in [0.5, 0.6) is 0 Å². The molecule has 0 aromatic rings. The maximum Gasteiger partial charge on any atom is -0.0165 e. The third-order valence-corrected chi connectivity index (χ3v) is 7.41. The first kappa shape index (κ1) is 30.2. The first-order valence-corrected chi connectivity index (χ1v) is 14.0. The molecule has 1 fully saturated rings. The standard InChI is InChI=1S/C34H54/c1-11-17-31(30(14-4)23-22-25(5)6)19-15-18-28(9)34(32-20-16-21-32)29(10)24-33(26(7)12-2)27(8)13-3/h12,14,22-25,31H,9,11,13,15-21H2,1-8,10H3. The van der Waals surface area contributed by atoms with Crippen molar-refractivity contribution < 1.29 is 0 Å². The van der Waals surface area contributed by atoms with E-state index in [0.29, 0.717) is 11.8 Å². The van der Waals surface area contributed by atoms with Gasteiger partial charge in [-0.15, -0.1) is 0 Å². The summed E-state index contributed by atoms with van der Waals surface area (Å²) in [5.41, 5.74) is 11.6. The quantitative estimate of drug-likeness (QED) is 0.225. The second-order valence-electron chi connectivity index (χ2n) is 10.6. The van der Waals surface area contributed by atoms with E-state index in [1.807, 2.05) is 0 Å². The lowest BCUT2D eigenvalue weighted by Crippen LogP contribution is -2.07. The molecular formula is C34H54. The van der Waals surface area contributed by atoms with Gasteiger partial charge in [-0.25, -0.2) is 0 Å². The number of rotatable bonds is 14. The minimum Gasteiger partial charge on any atom is -0.0952 e. The van der Waals surface area contributed by atoms with Gasteiger partial charge in [0.25, 0.3) is 0 Å². The molecule has 1 aliphatic carbocycles. The van der Waals surface area contributed by atoms with Crippen LogP contribution in [-0.4, -0.2) is 0 Å². The molecule has 0 aliphatic heterocycles. The highest BCUT2D eigenvalue weighted by Gasteiger charge is 2.19. The molecule has 0 N–H and O–H groups in total. The van der Waals surface area contributed by atoms with Gasteiger partial charge in [0.15, 0.2) is 0 Å². The molecule has 1 rings (SSSR count). The Morgan fingerprint density at radius 3 is 2.12 bits per heavy atom. The van der Waals surface area contributed by atoms with E-state index in [9.17, 15) is 0 Å². The van der Waals surface area contributed by atoms with Gasteiger partial charge in [0.05, 0.1) is 0 Å². The molecule has 1 atom stereocenters. The molecule has 0 spiro atoms. The van der Waals surface area contributed by atoms with Crippen molar-refractivity contribution >= 4 is 0 Å². The highest BCUT2D eigenvalue weighted by molar-refractivity contribution is 5.54. The van der Waals surface area contributed by atoms with E-state index >= 15 is 0 Å². The Balaban J connectivity index is 3.05. The van der Waals surface area contributed by atoms with Gasteiger partial charge >= 0.3 is 0 Å². The summed E-state index contributed by atoms with van der Waals surface area (Å²) in [6.45, 7) is 24.9. The summed E-state index contributed by atoms with van der Waals surface area (Å²) in [7, 11) is 0. The minimum atomic E-state index is 0.602. The molecule has 190 valence electrons. The van der Waals surface area contributed by atoms with Gasteiger partial charge in [-0.2, -0.15) is 0 Å². The lowest BCUT2D eigenvalue weighted by atomic mass is 9.80. The highest BCUT2D eigenvalue weighted by atomic mass is 14.2. The van der Waals surface area contributed by atoms with Crippen molar-refractivity contribution in [3.8, 4) is 0 Å². The third-order valence-electron chi connectivity index (χ3n) is 7.41. The van der Waals surface area contributed by atoms with Crippen LogP contribution in [0.2, 0.25) is 0 Å². The normalized spacial score (nSPS) is 17.2. The van der Waals surface area contributed by atoms with Crippen LogP contribution >= 0.6 is 0 Å². The Morgan fingerprint density at radius 1 is 0.971 bits per heavy atom. The Morgan fingerprint density at radius 2 is 1.65 bits per heavy atom. The number of hydrogen-bond donors (Lipinski definition) is 0. The fraction of sp³-hybridized carbons (Fsp3) is 0.588. The zero-order valence-electron chi connectivity index (χ0n) is 24.1. The summed E-state index contributed by atoms with van der Waals surface area (Å²) in [4.78, 5) is 0. The zero-order chi connectivity index (χ0) is 25.7. The molecule has 0 radical (unpaired) electrons. The van der Waals surface area contributed by atoms with Gasteiger partial charge in [-0.3, -0.25) is 0 Å². The van der Waals surface area contributed by atoms with Crippen LogP contribution in [0.25, 0.3) is 0 Å². The van der Waals surface area contributed by atoms with Crippen LogP contribution in [0.3, 0.4) is 0 Å². The van der Waals surface area contributed by atoms with Crippen LogP contribution in [0.1, 0.15) is 120 Å². The van der Waals surface area contributed by atoms with Crippen molar-refractivity contribution in [3.63, 3.8) is 0 Å². The average molecular weight is 463 g/mol. The predicted octanol–water partition coefficient (Wildman–Crippen LogP) is 11.4. The van der Waals surface area contributed by atoms with Crippen LogP contribution < -0.4 is 0 Å². The Labute approximate surface area is 213 Å². The van der Waals surface area contributed by atoms with E-state index in [2.05, 4.69) is 99.3 Å². The molecule has 1 aliphatic rings. The molecule has 34 heavy (non-hydrogen) atoms. The number of allylic oxidation sites excluding steroid dienone is 13. The average Bonchev–Trinajstić information content (AvgIpc) is 2.78. The molecule has 1 unspecified atom stereocenters. The fourth-order valence-electron chi connectivity index (χ4n) is 4.90. The smallest absolute Gasteiger partial charge is 0.0165 e. The van der Waals surface area contributed by atoms with Crippen molar-refractivity contribution in [2.75, 3.05) is 0 Å². The molecule has 0 amide bonds. The van der Waals surface area contributed by atoms with Gasteiger partial charge in [0.2, 0.25) is 0 Å². The molecular weight excluding hydrogens is 408 g/mol. The maximum atomic E-state index is 4.63. The lowest BCUT2D eigenvalue weighted by molar-refractivity contribution is 0.499. The third kappa shape index (κ3) is 9.44. The Kier molecular flexibility index (Phi) is 14.2. The van der Waals surface area contributed by atoms with Crippen molar-refractivity contribution in [1.29, 1.82) is 0 Å². The summed E-state index contributed by atoms with van der Waals surface area (Å²) in [6, 6.07) is 0. The van der Waals surface area contributed by atoms with E-state index in [4.69, 9.17) is 0 Å². The first-order valence-electron chi connectivity index (χ1n) is 14.0. The lowest BCUT2D eigenvalue weighted by Gasteiger charge is -2.25. The monoisotopic (exact) mass is 462 g/mol. The van der Waals surface area contributed by atoms with E-state index in [0.717, 1.165) is 12.8 Å². The second-order valence-corrected chi connectivity index (χ2v) is 10.6. The van der Waals surface area contributed by atoms with Crippen LogP contribution in [-0.2, 0) is 0 Å². The molecule has 0 heteroatoms. The molecule has 0 aromatic heterocycles. The van der Waals surface area contributed by atoms with Crippen molar-refractivity contribution in [1.82, 2.24) is 0 Å². The Hall–Kier alpha value is -1.82. The van der Waals surface area contributed by atoms with Gasteiger partial charge < -0.3 is 0 Å². The van der Waals surface area contributed by atoms with E-state index in [1.54, 1.807) is 5.57 Å². The Bertz CT molecular complexity index is 838.